The van der Waals surface area contributed by atoms with E-state index in [1.54, 1.807) is 18.3 Å². The van der Waals surface area contributed by atoms with Crippen LogP contribution in [0.25, 0.3) is 5.65 Å². The largest absolute Gasteiger partial charge is 0.482 e. The van der Waals surface area contributed by atoms with Crippen molar-refractivity contribution < 1.29 is 14.3 Å². The molecule has 0 aliphatic heterocycles. The Balaban J connectivity index is 1.58. The van der Waals surface area contributed by atoms with Gasteiger partial charge >= 0.3 is 5.97 Å². The van der Waals surface area contributed by atoms with Crippen LogP contribution in [0.15, 0.2) is 57.9 Å². The predicted molar refractivity (Wildman–Crippen MR) is 100 cm³/mol. The molecule has 7 heteroatoms. The average molecular weight is 417 g/mol. The summed E-state index contributed by atoms with van der Waals surface area (Å²) in [7, 11) is 0. The topological polar surface area (TPSA) is 69.9 Å². The highest BCUT2D eigenvalue weighted by atomic mass is 79.9. The number of carbonyl (C=O) groups is 1. The van der Waals surface area contributed by atoms with Crippen molar-refractivity contribution in [3.8, 4) is 5.75 Å². The van der Waals surface area contributed by atoms with Crippen LogP contribution >= 0.6 is 15.9 Å². The fourth-order valence-electron chi connectivity index (χ4n) is 2.36. The molecule has 0 amide bonds. The van der Waals surface area contributed by atoms with Crippen LogP contribution in [0.4, 0.5) is 0 Å². The maximum absolute atomic E-state index is 12.1. The number of benzene rings is 1. The van der Waals surface area contributed by atoms with Gasteiger partial charge in [-0.25, -0.2) is 9.78 Å². The van der Waals surface area contributed by atoms with Gasteiger partial charge in [0, 0.05) is 16.7 Å². The zero-order chi connectivity index (χ0) is 18.5. The Kier molecular flexibility index (Phi) is 5.68. The van der Waals surface area contributed by atoms with E-state index < -0.39 is 5.97 Å². The molecule has 134 valence electrons. The van der Waals surface area contributed by atoms with Crippen molar-refractivity contribution in [3.05, 3.63) is 74.7 Å². The van der Waals surface area contributed by atoms with Crippen molar-refractivity contribution in [1.82, 2.24) is 9.38 Å². The minimum atomic E-state index is -0.526. The third-order valence-electron chi connectivity index (χ3n) is 3.75. The van der Waals surface area contributed by atoms with Gasteiger partial charge in [-0.1, -0.05) is 19.1 Å². The van der Waals surface area contributed by atoms with Gasteiger partial charge in [-0.15, -0.1) is 0 Å². The fourth-order valence-corrected chi connectivity index (χ4v) is 2.70. The van der Waals surface area contributed by atoms with E-state index in [9.17, 15) is 9.59 Å². The highest BCUT2D eigenvalue weighted by Crippen LogP contribution is 2.13. The number of halogens is 1. The minimum absolute atomic E-state index is 0.0846. The Morgan fingerprint density at radius 2 is 1.96 bits per heavy atom. The Morgan fingerprint density at radius 1 is 1.19 bits per heavy atom. The first-order chi connectivity index (χ1) is 12.5. The molecule has 0 aliphatic carbocycles. The second-order valence-electron chi connectivity index (χ2n) is 5.61. The summed E-state index contributed by atoms with van der Waals surface area (Å²) in [5.41, 5.74) is 1.83. The number of esters is 1. The molecule has 0 bridgehead atoms. The third kappa shape index (κ3) is 4.49. The Hall–Kier alpha value is -2.67. The molecule has 0 aliphatic rings. The summed E-state index contributed by atoms with van der Waals surface area (Å²) in [5.74, 6) is 0.0779. The van der Waals surface area contributed by atoms with Crippen molar-refractivity contribution in [2.45, 2.75) is 20.0 Å². The van der Waals surface area contributed by atoms with Crippen LogP contribution in [0.5, 0.6) is 5.75 Å². The number of hydrogen-bond acceptors (Lipinski definition) is 5. The molecule has 3 aromatic rings. The van der Waals surface area contributed by atoms with Crippen LogP contribution in [-0.2, 0) is 22.6 Å². The first kappa shape index (κ1) is 18.1. The predicted octanol–water partition coefficient (Wildman–Crippen LogP) is 3.14. The molecule has 0 fully saturated rings. The molecule has 0 N–H and O–H groups in total. The molecule has 3 rings (SSSR count). The van der Waals surface area contributed by atoms with Crippen LogP contribution in [0, 0.1) is 0 Å². The van der Waals surface area contributed by atoms with Crippen LogP contribution in [-0.4, -0.2) is 22.0 Å². The molecule has 26 heavy (non-hydrogen) atoms. The molecule has 1 aromatic carbocycles. The maximum atomic E-state index is 12.1. The van der Waals surface area contributed by atoms with Gasteiger partial charge in [-0.05, 0) is 52.2 Å². The van der Waals surface area contributed by atoms with Crippen molar-refractivity contribution in [2.75, 3.05) is 6.61 Å². The fraction of sp³-hybridized carbons (Fsp3) is 0.211. The molecule has 0 saturated carbocycles. The lowest BCUT2D eigenvalue weighted by molar-refractivity contribution is -0.147. The van der Waals surface area contributed by atoms with Crippen molar-refractivity contribution >= 4 is 27.5 Å². The highest BCUT2D eigenvalue weighted by Gasteiger charge is 2.08. The van der Waals surface area contributed by atoms with Crippen molar-refractivity contribution in [2.24, 2.45) is 0 Å². The summed E-state index contributed by atoms with van der Waals surface area (Å²) in [5, 5.41) is 0. The van der Waals surface area contributed by atoms with E-state index in [1.807, 2.05) is 24.3 Å². The molecular formula is C19H17BrN2O4. The zero-order valence-electron chi connectivity index (χ0n) is 14.1. The van der Waals surface area contributed by atoms with Crippen LogP contribution in [0.2, 0.25) is 0 Å². The number of ether oxygens (including phenoxy) is 2. The molecule has 0 unspecified atom stereocenters. The van der Waals surface area contributed by atoms with Gasteiger partial charge in [0.2, 0.25) is 0 Å². The van der Waals surface area contributed by atoms with Gasteiger partial charge in [0.15, 0.2) is 6.61 Å². The summed E-state index contributed by atoms with van der Waals surface area (Å²) in [6.07, 6.45) is 2.58. The number of fused-ring (bicyclic) bond motifs is 1. The van der Waals surface area contributed by atoms with Crippen LogP contribution in [0.1, 0.15) is 18.2 Å². The van der Waals surface area contributed by atoms with Crippen LogP contribution in [0.3, 0.4) is 0 Å². The van der Waals surface area contributed by atoms with Gasteiger partial charge in [0.05, 0.1) is 5.69 Å². The van der Waals surface area contributed by atoms with E-state index in [-0.39, 0.29) is 18.8 Å². The van der Waals surface area contributed by atoms with E-state index in [0.29, 0.717) is 17.1 Å². The molecule has 0 atom stereocenters. The van der Waals surface area contributed by atoms with Gasteiger partial charge in [0.1, 0.15) is 18.0 Å². The lowest BCUT2D eigenvalue weighted by atomic mass is 10.2. The smallest absolute Gasteiger partial charge is 0.344 e. The second-order valence-corrected chi connectivity index (χ2v) is 6.52. The summed E-state index contributed by atoms with van der Waals surface area (Å²) < 4.78 is 12.7. The summed E-state index contributed by atoms with van der Waals surface area (Å²) in [4.78, 5) is 28.2. The molecule has 0 radical (unpaired) electrons. The standard InChI is InChI=1S/C19H17BrN2O4/c1-2-13-3-6-16(7-4-13)25-12-19(24)26-11-15-9-18(23)22-10-14(20)5-8-17(22)21-15/h3-10H,2,11-12H2,1H3. The maximum Gasteiger partial charge on any atom is 0.344 e. The van der Waals surface area contributed by atoms with Gasteiger partial charge < -0.3 is 9.47 Å². The highest BCUT2D eigenvalue weighted by molar-refractivity contribution is 9.10. The summed E-state index contributed by atoms with van der Waals surface area (Å²) >= 11 is 3.31. The molecular weight excluding hydrogens is 400 g/mol. The number of carbonyl (C=O) groups excluding carboxylic acids is 1. The molecule has 0 saturated heterocycles. The molecule has 6 nitrogen and oxygen atoms in total. The number of aromatic nitrogens is 2. The first-order valence-electron chi connectivity index (χ1n) is 8.10. The van der Waals surface area contributed by atoms with Gasteiger partial charge in [0.25, 0.3) is 5.56 Å². The third-order valence-corrected chi connectivity index (χ3v) is 4.21. The van der Waals surface area contributed by atoms with Crippen molar-refractivity contribution in [1.29, 1.82) is 0 Å². The number of nitrogens with zero attached hydrogens (tertiary/aromatic N) is 2. The number of hydrogen-bond donors (Lipinski definition) is 0. The zero-order valence-corrected chi connectivity index (χ0v) is 15.7. The number of aryl methyl sites for hydroxylation is 1. The van der Waals surface area contributed by atoms with Crippen molar-refractivity contribution in [3.63, 3.8) is 0 Å². The monoisotopic (exact) mass is 416 g/mol. The quantitative estimate of drug-likeness (QED) is 0.577. The Bertz CT molecular complexity index is 983. The van der Waals surface area contributed by atoms with E-state index in [2.05, 4.69) is 27.8 Å². The molecule has 2 aromatic heterocycles. The minimum Gasteiger partial charge on any atom is -0.482 e. The van der Waals surface area contributed by atoms with E-state index >= 15 is 0 Å². The lowest BCUT2D eigenvalue weighted by Crippen LogP contribution is -2.18. The van der Waals surface area contributed by atoms with E-state index in [0.717, 1.165) is 10.9 Å². The Morgan fingerprint density at radius 3 is 2.69 bits per heavy atom. The first-order valence-corrected chi connectivity index (χ1v) is 8.89. The molecule has 2 heterocycles. The normalized spacial score (nSPS) is 10.7. The van der Waals surface area contributed by atoms with E-state index in [4.69, 9.17) is 9.47 Å². The van der Waals surface area contributed by atoms with Gasteiger partial charge in [-0.2, -0.15) is 0 Å². The number of rotatable bonds is 6. The van der Waals surface area contributed by atoms with Gasteiger partial charge in [-0.3, -0.25) is 9.20 Å². The Labute approximate surface area is 158 Å². The average Bonchev–Trinajstić information content (AvgIpc) is 2.65. The molecule has 0 spiro atoms. The summed E-state index contributed by atoms with van der Waals surface area (Å²) in [6.45, 7) is 1.78. The summed E-state index contributed by atoms with van der Waals surface area (Å²) in [6, 6.07) is 12.4. The number of pyridine rings is 1. The second kappa shape index (κ2) is 8.14. The van der Waals surface area contributed by atoms with E-state index in [1.165, 1.54) is 16.0 Å². The van der Waals surface area contributed by atoms with Crippen LogP contribution < -0.4 is 10.3 Å². The SMILES string of the molecule is CCc1ccc(OCC(=O)OCc2cc(=O)n3cc(Br)ccc3n2)cc1. The lowest BCUT2D eigenvalue weighted by Gasteiger charge is -2.08.